The van der Waals surface area contributed by atoms with Crippen molar-refractivity contribution in [3.63, 3.8) is 0 Å². The molecular weight excluding hydrogens is 436 g/mol. The van der Waals surface area contributed by atoms with Gasteiger partial charge in [-0.05, 0) is 59.7 Å². The number of carbonyl (C=O) groups is 1. The summed E-state index contributed by atoms with van der Waals surface area (Å²) in [6.45, 7) is 2.97. The van der Waals surface area contributed by atoms with Gasteiger partial charge in [-0.3, -0.25) is 4.79 Å². The molecule has 2 aliphatic rings. The number of hydrogen-bond donors (Lipinski definition) is 1. The van der Waals surface area contributed by atoms with E-state index in [1.807, 2.05) is 6.92 Å². The second-order valence-corrected chi connectivity index (χ2v) is 12.1. The van der Waals surface area contributed by atoms with Gasteiger partial charge in [0.2, 0.25) is 5.91 Å². The number of sulfonamides is 1. The normalized spacial score (nSPS) is 22.2. The molecule has 1 amide bonds. The Morgan fingerprint density at radius 3 is 2.42 bits per heavy atom. The van der Waals surface area contributed by atoms with Gasteiger partial charge in [-0.2, -0.15) is 4.31 Å². The SMILES string of the molecule is C[C@@H](C(=O)NC1CCCCC1)C1CCN(S(=O)(=O)c2ccc(Br)s2)CC1. The highest BCUT2D eigenvalue weighted by molar-refractivity contribution is 9.11. The number of nitrogens with one attached hydrogen (secondary N) is 1. The Morgan fingerprint density at radius 1 is 1.19 bits per heavy atom. The van der Waals surface area contributed by atoms with E-state index >= 15 is 0 Å². The van der Waals surface area contributed by atoms with E-state index in [9.17, 15) is 13.2 Å². The lowest BCUT2D eigenvalue weighted by atomic mass is 9.85. The summed E-state index contributed by atoms with van der Waals surface area (Å²) in [7, 11) is -3.41. The van der Waals surface area contributed by atoms with E-state index in [1.165, 1.54) is 30.6 Å². The standard InChI is InChI=1S/C18H27BrN2O3S2/c1-13(18(22)20-15-5-3-2-4-6-15)14-9-11-21(12-10-14)26(23,24)17-8-7-16(19)25-17/h7-8,13-15H,2-6,9-12H2,1H3,(H,20,22)/t13-/m1/s1. The Morgan fingerprint density at radius 2 is 1.85 bits per heavy atom. The fourth-order valence-electron chi connectivity index (χ4n) is 3.97. The maximum absolute atomic E-state index is 12.7. The minimum Gasteiger partial charge on any atom is -0.353 e. The molecule has 1 aliphatic heterocycles. The van der Waals surface area contributed by atoms with E-state index < -0.39 is 10.0 Å². The molecule has 3 rings (SSSR count). The summed E-state index contributed by atoms with van der Waals surface area (Å²) in [6.07, 6.45) is 7.34. The van der Waals surface area contributed by atoms with Gasteiger partial charge in [0.1, 0.15) is 4.21 Å². The Balaban J connectivity index is 1.53. The molecule has 2 heterocycles. The van der Waals surface area contributed by atoms with E-state index in [2.05, 4.69) is 21.2 Å². The lowest BCUT2D eigenvalue weighted by Gasteiger charge is -2.34. The Kier molecular flexibility index (Phi) is 6.80. The summed E-state index contributed by atoms with van der Waals surface area (Å²) in [5, 5.41) is 3.21. The fourth-order valence-corrected chi connectivity index (χ4v) is 7.61. The molecule has 1 aromatic rings. The van der Waals surface area contributed by atoms with Gasteiger partial charge in [0.15, 0.2) is 0 Å². The molecule has 5 nitrogen and oxygen atoms in total. The van der Waals surface area contributed by atoms with Crippen LogP contribution in [0.25, 0.3) is 0 Å². The summed E-state index contributed by atoms with van der Waals surface area (Å²) >= 11 is 4.57. The number of halogens is 1. The van der Waals surface area contributed by atoms with Crippen molar-refractivity contribution in [3.8, 4) is 0 Å². The molecule has 2 fully saturated rings. The zero-order valence-corrected chi connectivity index (χ0v) is 18.3. The number of carbonyl (C=O) groups excluding carboxylic acids is 1. The molecule has 0 bridgehead atoms. The third-order valence-electron chi connectivity index (χ3n) is 5.71. The maximum Gasteiger partial charge on any atom is 0.252 e. The van der Waals surface area contributed by atoms with Gasteiger partial charge < -0.3 is 5.32 Å². The van der Waals surface area contributed by atoms with Crippen LogP contribution in [0.4, 0.5) is 0 Å². The largest absolute Gasteiger partial charge is 0.353 e. The van der Waals surface area contributed by atoms with E-state index in [4.69, 9.17) is 0 Å². The van der Waals surface area contributed by atoms with Crippen molar-refractivity contribution in [3.05, 3.63) is 15.9 Å². The van der Waals surface area contributed by atoms with Crippen LogP contribution in [0.1, 0.15) is 51.9 Å². The van der Waals surface area contributed by atoms with Gasteiger partial charge in [-0.25, -0.2) is 8.42 Å². The monoisotopic (exact) mass is 462 g/mol. The van der Waals surface area contributed by atoms with Crippen LogP contribution in [0, 0.1) is 11.8 Å². The minimum absolute atomic E-state index is 0.0577. The van der Waals surface area contributed by atoms with Crippen molar-refractivity contribution in [2.24, 2.45) is 11.8 Å². The molecular formula is C18H27BrN2O3S2. The van der Waals surface area contributed by atoms with Crippen LogP contribution in [0.3, 0.4) is 0 Å². The van der Waals surface area contributed by atoms with Crippen molar-refractivity contribution in [1.29, 1.82) is 0 Å². The van der Waals surface area contributed by atoms with Crippen LogP contribution in [0.15, 0.2) is 20.1 Å². The van der Waals surface area contributed by atoms with E-state index in [-0.39, 0.29) is 17.7 Å². The minimum atomic E-state index is -3.41. The average Bonchev–Trinajstić information content (AvgIpc) is 3.09. The van der Waals surface area contributed by atoms with Crippen LogP contribution < -0.4 is 5.32 Å². The van der Waals surface area contributed by atoms with Gasteiger partial charge in [-0.1, -0.05) is 26.2 Å². The molecule has 0 unspecified atom stereocenters. The van der Waals surface area contributed by atoms with Crippen molar-refractivity contribution < 1.29 is 13.2 Å². The molecule has 0 aromatic carbocycles. The average molecular weight is 463 g/mol. The summed E-state index contributed by atoms with van der Waals surface area (Å²) in [6, 6.07) is 3.75. The smallest absolute Gasteiger partial charge is 0.252 e. The number of rotatable bonds is 5. The summed E-state index contributed by atoms with van der Waals surface area (Å²) < 4.78 is 28.2. The Bertz CT molecular complexity index is 721. The third kappa shape index (κ3) is 4.69. The Labute approximate surface area is 168 Å². The quantitative estimate of drug-likeness (QED) is 0.718. The van der Waals surface area contributed by atoms with Crippen molar-refractivity contribution in [2.45, 2.75) is 62.1 Å². The zero-order chi connectivity index (χ0) is 18.7. The van der Waals surface area contributed by atoms with Gasteiger partial charge >= 0.3 is 0 Å². The molecule has 1 atom stereocenters. The second-order valence-electron chi connectivity index (χ2n) is 7.43. The van der Waals surface area contributed by atoms with E-state index in [0.717, 1.165) is 29.5 Å². The van der Waals surface area contributed by atoms with Gasteiger partial charge in [0.05, 0.1) is 3.79 Å². The summed E-state index contributed by atoms with van der Waals surface area (Å²) in [5.41, 5.74) is 0. The molecule has 0 spiro atoms. The zero-order valence-electron chi connectivity index (χ0n) is 15.1. The van der Waals surface area contributed by atoms with Crippen LogP contribution in [0.2, 0.25) is 0 Å². The molecule has 1 saturated heterocycles. The molecule has 1 aromatic heterocycles. The predicted molar refractivity (Wildman–Crippen MR) is 108 cm³/mol. The predicted octanol–water partition coefficient (Wildman–Crippen LogP) is 4.00. The molecule has 1 N–H and O–H groups in total. The van der Waals surface area contributed by atoms with Crippen molar-refractivity contribution >= 4 is 43.2 Å². The summed E-state index contributed by atoms with van der Waals surface area (Å²) in [5.74, 6) is 0.332. The number of amides is 1. The van der Waals surface area contributed by atoms with E-state index in [1.54, 1.807) is 16.4 Å². The maximum atomic E-state index is 12.7. The first-order valence-electron chi connectivity index (χ1n) is 9.44. The summed E-state index contributed by atoms with van der Waals surface area (Å²) in [4.78, 5) is 12.6. The van der Waals surface area contributed by atoms with Crippen LogP contribution in [-0.4, -0.2) is 37.8 Å². The third-order valence-corrected chi connectivity index (χ3v) is 9.70. The lowest BCUT2D eigenvalue weighted by Crippen LogP contribution is -2.45. The van der Waals surface area contributed by atoms with Crippen LogP contribution in [0.5, 0.6) is 0 Å². The number of hydrogen-bond acceptors (Lipinski definition) is 4. The van der Waals surface area contributed by atoms with Gasteiger partial charge in [0.25, 0.3) is 10.0 Å². The molecule has 8 heteroatoms. The molecule has 1 saturated carbocycles. The van der Waals surface area contributed by atoms with Crippen LogP contribution in [-0.2, 0) is 14.8 Å². The Hall–Kier alpha value is -0.440. The number of nitrogens with zero attached hydrogens (tertiary/aromatic N) is 1. The highest BCUT2D eigenvalue weighted by atomic mass is 79.9. The van der Waals surface area contributed by atoms with E-state index in [0.29, 0.717) is 23.3 Å². The van der Waals surface area contributed by atoms with Gasteiger partial charge in [0, 0.05) is 25.0 Å². The van der Waals surface area contributed by atoms with Crippen molar-refractivity contribution in [2.75, 3.05) is 13.1 Å². The number of thiophene rings is 1. The van der Waals surface area contributed by atoms with Gasteiger partial charge in [-0.15, -0.1) is 11.3 Å². The van der Waals surface area contributed by atoms with Crippen LogP contribution >= 0.6 is 27.3 Å². The molecule has 0 radical (unpaired) electrons. The lowest BCUT2D eigenvalue weighted by molar-refractivity contribution is -0.127. The first-order valence-corrected chi connectivity index (χ1v) is 12.5. The first kappa shape index (κ1) is 20.3. The van der Waals surface area contributed by atoms with Crippen molar-refractivity contribution in [1.82, 2.24) is 9.62 Å². The second kappa shape index (κ2) is 8.71. The highest BCUT2D eigenvalue weighted by Gasteiger charge is 2.34. The topological polar surface area (TPSA) is 66.5 Å². The first-order chi connectivity index (χ1) is 12.4. The fraction of sp³-hybridized carbons (Fsp3) is 0.722. The molecule has 146 valence electrons. The molecule has 1 aliphatic carbocycles. The highest BCUT2D eigenvalue weighted by Crippen LogP contribution is 2.32. The number of piperidine rings is 1. The molecule has 26 heavy (non-hydrogen) atoms.